The molecule has 17 heavy (non-hydrogen) atoms. The minimum Gasteiger partial charge on any atom is -0.501 e. The first kappa shape index (κ1) is 10.7. The number of fused-ring (bicyclic) bond motifs is 1. The van der Waals surface area contributed by atoms with Gasteiger partial charge in [-0.3, -0.25) is 20.2 Å². The molecule has 0 radical (unpaired) electrons. The Balaban J connectivity index is 2.94. The molecule has 0 saturated carbocycles. The molecule has 9 nitrogen and oxygen atoms in total. The normalized spacial score (nSPS) is 10.4. The number of benzene rings is 1. The summed E-state index contributed by atoms with van der Waals surface area (Å²) >= 11 is 0. The van der Waals surface area contributed by atoms with Gasteiger partial charge in [-0.25, -0.2) is 9.97 Å². The second kappa shape index (κ2) is 3.63. The van der Waals surface area contributed by atoms with E-state index in [2.05, 4.69) is 9.97 Å². The van der Waals surface area contributed by atoms with Gasteiger partial charge in [0.15, 0.2) is 0 Å². The number of aromatic hydroxyl groups is 1. The third-order valence-corrected chi connectivity index (χ3v) is 2.12. The molecule has 0 amide bonds. The largest absolute Gasteiger partial charge is 0.501 e. The van der Waals surface area contributed by atoms with Crippen molar-refractivity contribution in [2.24, 2.45) is 0 Å². The molecule has 0 aliphatic rings. The summed E-state index contributed by atoms with van der Waals surface area (Å²) < 4.78 is 0. The van der Waals surface area contributed by atoms with Crippen LogP contribution in [0.25, 0.3) is 10.9 Å². The van der Waals surface area contributed by atoms with Crippen molar-refractivity contribution in [1.29, 1.82) is 0 Å². The molecular weight excluding hydrogens is 232 g/mol. The van der Waals surface area contributed by atoms with Gasteiger partial charge in [0.05, 0.1) is 15.9 Å². The lowest BCUT2D eigenvalue weighted by atomic mass is 10.1. The maximum Gasteiger partial charge on any atom is 0.319 e. The van der Waals surface area contributed by atoms with Crippen LogP contribution < -0.4 is 0 Å². The zero-order chi connectivity index (χ0) is 12.6. The molecule has 0 unspecified atom stereocenters. The van der Waals surface area contributed by atoms with E-state index in [4.69, 9.17) is 0 Å². The fraction of sp³-hybridized carbons (Fsp3) is 0. The molecule has 0 aliphatic carbocycles. The summed E-state index contributed by atoms with van der Waals surface area (Å²) in [6.45, 7) is 0. The highest BCUT2D eigenvalue weighted by Gasteiger charge is 2.26. The van der Waals surface area contributed by atoms with Crippen molar-refractivity contribution in [1.82, 2.24) is 9.97 Å². The smallest absolute Gasteiger partial charge is 0.319 e. The number of nitrogens with zero attached hydrogens (tertiary/aromatic N) is 4. The lowest BCUT2D eigenvalue weighted by Gasteiger charge is -2.01. The van der Waals surface area contributed by atoms with Crippen LogP contribution in [-0.4, -0.2) is 24.9 Å². The van der Waals surface area contributed by atoms with E-state index >= 15 is 0 Å². The SMILES string of the molecule is O=[N+]([O-])c1cc([N+](=O)[O-])c2cncnc2c1O. The molecule has 1 N–H and O–H groups in total. The predicted octanol–water partition coefficient (Wildman–Crippen LogP) is 1.15. The van der Waals surface area contributed by atoms with Crippen molar-refractivity contribution in [3.8, 4) is 5.75 Å². The van der Waals surface area contributed by atoms with Crippen molar-refractivity contribution in [3.63, 3.8) is 0 Å². The van der Waals surface area contributed by atoms with E-state index in [1.807, 2.05) is 0 Å². The highest BCUT2D eigenvalue weighted by molar-refractivity contribution is 5.94. The van der Waals surface area contributed by atoms with Crippen LogP contribution in [0.15, 0.2) is 18.6 Å². The zero-order valence-corrected chi connectivity index (χ0v) is 8.10. The van der Waals surface area contributed by atoms with Crippen LogP contribution in [0.3, 0.4) is 0 Å². The van der Waals surface area contributed by atoms with E-state index in [-0.39, 0.29) is 10.9 Å². The van der Waals surface area contributed by atoms with Crippen LogP contribution in [0.2, 0.25) is 0 Å². The maximum absolute atomic E-state index is 10.7. The number of nitro groups is 2. The Bertz CT molecular complexity index is 641. The van der Waals surface area contributed by atoms with Gasteiger partial charge in [-0.05, 0) is 0 Å². The lowest BCUT2D eigenvalue weighted by Crippen LogP contribution is -1.96. The van der Waals surface area contributed by atoms with Gasteiger partial charge >= 0.3 is 5.69 Å². The first-order valence-corrected chi connectivity index (χ1v) is 4.27. The Morgan fingerprint density at radius 1 is 1.18 bits per heavy atom. The zero-order valence-electron chi connectivity index (χ0n) is 8.10. The van der Waals surface area contributed by atoms with E-state index in [9.17, 15) is 25.3 Å². The number of phenolic OH excluding ortho intramolecular Hbond substituents is 1. The summed E-state index contributed by atoms with van der Waals surface area (Å²) in [6, 6.07) is 0.682. The average molecular weight is 236 g/mol. The van der Waals surface area contributed by atoms with Crippen LogP contribution in [-0.2, 0) is 0 Å². The summed E-state index contributed by atoms with van der Waals surface area (Å²) in [4.78, 5) is 26.8. The van der Waals surface area contributed by atoms with Crippen LogP contribution in [0.4, 0.5) is 11.4 Å². The van der Waals surface area contributed by atoms with Gasteiger partial charge in [-0.2, -0.15) is 0 Å². The summed E-state index contributed by atoms with van der Waals surface area (Å²) in [5.41, 5.74) is -1.51. The van der Waals surface area contributed by atoms with Gasteiger partial charge in [0.25, 0.3) is 5.69 Å². The predicted molar refractivity (Wildman–Crippen MR) is 54.5 cm³/mol. The van der Waals surface area contributed by atoms with Crippen LogP contribution >= 0.6 is 0 Å². The van der Waals surface area contributed by atoms with E-state index in [0.717, 1.165) is 12.5 Å². The first-order valence-electron chi connectivity index (χ1n) is 4.27. The Morgan fingerprint density at radius 3 is 2.41 bits per heavy atom. The fourth-order valence-corrected chi connectivity index (χ4v) is 1.39. The van der Waals surface area contributed by atoms with Gasteiger partial charge in [0.1, 0.15) is 17.2 Å². The summed E-state index contributed by atoms with van der Waals surface area (Å²) in [5.74, 6) is -0.710. The third kappa shape index (κ3) is 1.58. The lowest BCUT2D eigenvalue weighted by molar-refractivity contribution is -0.393. The minimum absolute atomic E-state index is 0.0550. The Kier molecular flexibility index (Phi) is 2.28. The van der Waals surface area contributed by atoms with Gasteiger partial charge in [0.2, 0.25) is 5.75 Å². The van der Waals surface area contributed by atoms with Crippen molar-refractivity contribution >= 4 is 22.3 Å². The Morgan fingerprint density at radius 2 is 1.82 bits per heavy atom. The molecule has 9 heteroatoms. The number of non-ortho nitro benzene ring substituents is 1. The summed E-state index contributed by atoms with van der Waals surface area (Å²) in [6.07, 6.45) is 2.15. The van der Waals surface area contributed by atoms with Crippen LogP contribution in [0, 0.1) is 20.2 Å². The molecule has 0 fully saturated rings. The van der Waals surface area contributed by atoms with E-state index in [0.29, 0.717) is 6.07 Å². The first-order chi connectivity index (χ1) is 8.02. The quantitative estimate of drug-likeness (QED) is 0.610. The topological polar surface area (TPSA) is 132 Å². The second-order valence-corrected chi connectivity index (χ2v) is 3.06. The number of phenols is 1. The van der Waals surface area contributed by atoms with Crippen molar-refractivity contribution in [2.75, 3.05) is 0 Å². The molecule has 0 aliphatic heterocycles. The second-order valence-electron chi connectivity index (χ2n) is 3.06. The van der Waals surface area contributed by atoms with Crippen molar-refractivity contribution in [3.05, 3.63) is 38.8 Å². The van der Waals surface area contributed by atoms with Gasteiger partial charge < -0.3 is 5.11 Å². The molecule has 2 rings (SSSR count). The van der Waals surface area contributed by atoms with Gasteiger partial charge in [-0.15, -0.1) is 0 Å². The molecule has 0 bridgehead atoms. The fourth-order valence-electron chi connectivity index (χ4n) is 1.39. The molecule has 86 valence electrons. The van der Waals surface area contributed by atoms with E-state index < -0.39 is 27.0 Å². The number of aromatic nitrogens is 2. The summed E-state index contributed by atoms with van der Waals surface area (Å²) in [5, 5.41) is 30.9. The van der Waals surface area contributed by atoms with Crippen molar-refractivity contribution < 1.29 is 15.0 Å². The monoisotopic (exact) mass is 236 g/mol. The molecule has 0 saturated heterocycles. The Hall–Kier alpha value is -2.84. The molecule has 0 spiro atoms. The molecule has 1 aromatic carbocycles. The number of hydrogen-bond acceptors (Lipinski definition) is 7. The van der Waals surface area contributed by atoms with Crippen LogP contribution in [0.1, 0.15) is 0 Å². The third-order valence-electron chi connectivity index (χ3n) is 2.12. The number of nitro benzene ring substituents is 2. The molecule has 2 aromatic rings. The molecule has 1 aromatic heterocycles. The molecular formula is C8H4N4O5. The number of hydrogen-bond donors (Lipinski definition) is 1. The summed E-state index contributed by atoms with van der Waals surface area (Å²) in [7, 11) is 0. The van der Waals surface area contributed by atoms with Crippen LogP contribution in [0.5, 0.6) is 5.75 Å². The van der Waals surface area contributed by atoms with E-state index in [1.54, 1.807) is 0 Å². The van der Waals surface area contributed by atoms with E-state index in [1.165, 1.54) is 0 Å². The molecule has 1 heterocycles. The number of rotatable bonds is 2. The standard InChI is InChI=1S/C8H4N4O5/c13-8-6(12(16)17)1-5(11(14)15)4-2-9-3-10-7(4)8/h1-3,13H. The van der Waals surface area contributed by atoms with Crippen molar-refractivity contribution in [2.45, 2.75) is 0 Å². The van der Waals surface area contributed by atoms with Gasteiger partial charge in [0, 0.05) is 6.20 Å². The highest BCUT2D eigenvalue weighted by Crippen LogP contribution is 2.38. The molecule has 0 atom stereocenters. The minimum atomic E-state index is -0.913. The average Bonchev–Trinajstić information content (AvgIpc) is 2.29. The Labute approximate surface area is 92.7 Å². The maximum atomic E-state index is 10.7. The van der Waals surface area contributed by atoms with Gasteiger partial charge in [-0.1, -0.05) is 0 Å². The highest BCUT2D eigenvalue weighted by atomic mass is 16.6.